The zero-order valence-corrected chi connectivity index (χ0v) is 11.7. The molecule has 0 saturated heterocycles. The van der Waals surface area contributed by atoms with E-state index < -0.39 is 5.97 Å². The van der Waals surface area contributed by atoms with E-state index >= 15 is 0 Å². The van der Waals surface area contributed by atoms with Gasteiger partial charge in [0.15, 0.2) is 5.69 Å². The van der Waals surface area contributed by atoms with Crippen LogP contribution in [0.5, 0.6) is 0 Å². The van der Waals surface area contributed by atoms with E-state index in [4.69, 9.17) is 5.11 Å². The van der Waals surface area contributed by atoms with Crippen molar-refractivity contribution < 1.29 is 14.7 Å². The summed E-state index contributed by atoms with van der Waals surface area (Å²) >= 11 is 0. The van der Waals surface area contributed by atoms with Gasteiger partial charge < -0.3 is 10.4 Å². The number of hydrogen-bond donors (Lipinski definition) is 2. The summed E-state index contributed by atoms with van der Waals surface area (Å²) < 4.78 is 1.62. The van der Waals surface area contributed by atoms with Gasteiger partial charge in [-0.3, -0.25) is 9.59 Å². The summed E-state index contributed by atoms with van der Waals surface area (Å²) in [5.74, 6) is -1.17. The summed E-state index contributed by atoms with van der Waals surface area (Å²) in [7, 11) is 0. The smallest absolute Gasteiger partial charge is 0.303 e. The van der Waals surface area contributed by atoms with Gasteiger partial charge >= 0.3 is 5.97 Å². The summed E-state index contributed by atoms with van der Waals surface area (Å²) in [6.45, 7) is 1.77. The van der Waals surface area contributed by atoms with Crippen LogP contribution in [-0.4, -0.2) is 32.8 Å². The molecule has 2 rings (SSSR count). The van der Waals surface area contributed by atoms with Crippen molar-refractivity contribution in [1.29, 1.82) is 0 Å². The first-order valence-electron chi connectivity index (χ1n) is 6.70. The quantitative estimate of drug-likeness (QED) is 0.849. The van der Waals surface area contributed by atoms with Gasteiger partial charge in [0.2, 0.25) is 0 Å². The third-order valence-electron chi connectivity index (χ3n) is 3.01. The van der Waals surface area contributed by atoms with E-state index in [9.17, 15) is 9.59 Å². The van der Waals surface area contributed by atoms with Crippen molar-refractivity contribution in [1.82, 2.24) is 15.1 Å². The highest BCUT2D eigenvalue weighted by atomic mass is 16.4. The van der Waals surface area contributed by atoms with Gasteiger partial charge in [-0.15, -0.1) is 0 Å². The number of aromatic nitrogens is 2. The van der Waals surface area contributed by atoms with E-state index in [2.05, 4.69) is 10.4 Å². The number of hydrogen-bond acceptors (Lipinski definition) is 3. The van der Waals surface area contributed by atoms with E-state index in [1.807, 2.05) is 30.3 Å². The number of rotatable bonds is 6. The zero-order valence-electron chi connectivity index (χ0n) is 11.7. The number of nitrogens with one attached hydrogen (secondary N) is 1. The maximum Gasteiger partial charge on any atom is 0.303 e. The molecule has 6 nitrogen and oxygen atoms in total. The molecular formula is C15H17N3O3. The third kappa shape index (κ3) is 4.17. The van der Waals surface area contributed by atoms with Gasteiger partial charge in [-0.25, -0.2) is 4.68 Å². The van der Waals surface area contributed by atoms with Crippen LogP contribution < -0.4 is 5.32 Å². The fourth-order valence-electron chi connectivity index (χ4n) is 1.88. The predicted octanol–water partition coefficient (Wildman–Crippen LogP) is 1.86. The van der Waals surface area contributed by atoms with Crippen LogP contribution in [0.2, 0.25) is 0 Å². The summed E-state index contributed by atoms with van der Waals surface area (Å²) in [6, 6.07) is 10.9. The number of carboxylic acid groups (broad SMARTS) is 1. The molecule has 1 unspecified atom stereocenters. The van der Waals surface area contributed by atoms with Crippen molar-refractivity contribution in [3.63, 3.8) is 0 Å². The zero-order chi connectivity index (χ0) is 15.2. The van der Waals surface area contributed by atoms with Crippen LogP contribution in [0.1, 0.15) is 30.3 Å². The summed E-state index contributed by atoms with van der Waals surface area (Å²) in [6.07, 6.45) is 2.13. The Morgan fingerprint density at radius 3 is 2.67 bits per heavy atom. The van der Waals surface area contributed by atoms with Crippen LogP contribution in [0.4, 0.5) is 0 Å². The minimum absolute atomic E-state index is 0.0277. The Balaban J connectivity index is 1.98. The lowest BCUT2D eigenvalue weighted by Crippen LogP contribution is -2.33. The highest BCUT2D eigenvalue weighted by Crippen LogP contribution is 2.07. The molecule has 1 amide bonds. The van der Waals surface area contributed by atoms with E-state index in [1.54, 1.807) is 23.9 Å². The van der Waals surface area contributed by atoms with Gasteiger partial charge in [0.1, 0.15) is 0 Å². The molecule has 1 atom stereocenters. The van der Waals surface area contributed by atoms with Gasteiger partial charge in [-0.1, -0.05) is 18.2 Å². The molecule has 21 heavy (non-hydrogen) atoms. The molecule has 0 radical (unpaired) electrons. The van der Waals surface area contributed by atoms with E-state index in [-0.39, 0.29) is 18.4 Å². The summed E-state index contributed by atoms with van der Waals surface area (Å²) in [4.78, 5) is 22.5. The Morgan fingerprint density at radius 1 is 1.29 bits per heavy atom. The molecule has 110 valence electrons. The van der Waals surface area contributed by atoms with Gasteiger partial charge in [0.05, 0.1) is 5.69 Å². The standard InChI is InChI=1S/C15H17N3O3/c1-11(7-8-14(19)20)16-15(21)13-9-10-18(17-13)12-5-3-2-4-6-12/h2-6,9-11H,7-8H2,1H3,(H,16,21)(H,19,20). The maximum absolute atomic E-state index is 12.0. The van der Waals surface area contributed by atoms with Crippen LogP contribution >= 0.6 is 0 Å². The first-order valence-corrected chi connectivity index (χ1v) is 6.70. The van der Waals surface area contributed by atoms with Crippen molar-refractivity contribution in [3.05, 3.63) is 48.3 Å². The van der Waals surface area contributed by atoms with Crippen molar-refractivity contribution in [2.24, 2.45) is 0 Å². The Labute approximate surface area is 122 Å². The van der Waals surface area contributed by atoms with Crippen molar-refractivity contribution in [2.45, 2.75) is 25.8 Å². The molecule has 1 aromatic carbocycles. The number of carboxylic acids is 1. The largest absolute Gasteiger partial charge is 0.481 e. The lowest BCUT2D eigenvalue weighted by molar-refractivity contribution is -0.137. The van der Waals surface area contributed by atoms with Crippen molar-refractivity contribution in [2.75, 3.05) is 0 Å². The number of carbonyl (C=O) groups is 2. The summed E-state index contributed by atoms with van der Waals surface area (Å²) in [5.41, 5.74) is 1.18. The van der Waals surface area contributed by atoms with E-state index in [0.29, 0.717) is 12.1 Å². The fraction of sp³-hybridized carbons (Fsp3) is 0.267. The highest BCUT2D eigenvalue weighted by Gasteiger charge is 2.13. The number of amides is 1. The van der Waals surface area contributed by atoms with Crippen LogP contribution in [0.25, 0.3) is 5.69 Å². The second kappa shape index (κ2) is 6.69. The first kappa shape index (κ1) is 14.8. The molecule has 6 heteroatoms. The highest BCUT2D eigenvalue weighted by molar-refractivity contribution is 5.92. The Bertz CT molecular complexity index is 622. The number of benzene rings is 1. The Morgan fingerprint density at radius 2 is 2.00 bits per heavy atom. The third-order valence-corrected chi connectivity index (χ3v) is 3.01. The molecule has 1 aromatic heterocycles. The summed E-state index contributed by atoms with van der Waals surface area (Å²) in [5, 5.41) is 15.6. The van der Waals surface area contributed by atoms with Crippen molar-refractivity contribution in [3.8, 4) is 5.69 Å². The molecule has 1 heterocycles. The molecule has 0 saturated carbocycles. The molecule has 0 bridgehead atoms. The topological polar surface area (TPSA) is 84.2 Å². The fourth-order valence-corrected chi connectivity index (χ4v) is 1.88. The van der Waals surface area contributed by atoms with Gasteiger partial charge in [0, 0.05) is 18.7 Å². The van der Waals surface area contributed by atoms with Crippen LogP contribution in [0.3, 0.4) is 0 Å². The van der Waals surface area contributed by atoms with Gasteiger partial charge in [0.25, 0.3) is 5.91 Å². The number of carbonyl (C=O) groups excluding carboxylic acids is 1. The maximum atomic E-state index is 12.0. The SMILES string of the molecule is CC(CCC(=O)O)NC(=O)c1ccn(-c2ccccc2)n1. The Kier molecular flexibility index (Phi) is 4.71. The Hall–Kier alpha value is -2.63. The monoisotopic (exact) mass is 287 g/mol. The number of nitrogens with zero attached hydrogens (tertiary/aromatic N) is 2. The van der Waals surface area contributed by atoms with Crippen LogP contribution in [0, 0.1) is 0 Å². The average molecular weight is 287 g/mol. The van der Waals surface area contributed by atoms with Gasteiger partial charge in [-0.2, -0.15) is 5.10 Å². The number of aliphatic carboxylic acids is 1. The molecule has 0 aliphatic carbocycles. The normalized spacial score (nSPS) is 11.9. The molecule has 0 spiro atoms. The lowest BCUT2D eigenvalue weighted by atomic mass is 10.2. The second-order valence-corrected chi connectivity index (χ2v) is 4.79. The van der Waals surface area contributed by atoms with Gasteiger partial charge in [-0.05, 0) is 31.5 Å². The van der Waals surface area contributed by atoms with E-state index in [1.165, 1.54) is 0 Å². The van der Waals surface area contributed by atoms with Crippen molar-refractivity contribution >= 4 is 11.9 Å². The molecule has 0 aliphatic heterocycles. The lowest BCUT2D eigenvalue weighted by Gasteiger charge is -2.11. The predicted molar refractivity (Wildman–Crippen MR) is 77.4 cm³/mol. The minimum Gasteiger partial charge on any atom is -0.481 e. The molecule has 0 fully saturated rings. The van der Waals surface area contributed by atoms with Crippen LogP contribution in [0.15, 0.2) is 42.6 Å². The molecular weight excluding hydrogens is 270 g/mol. The first-order chi connectivity index (χ1) is 10.1. The van der Waals surface area contributed by atoms with E-state index in [0.717, 1.165) is 5.69 Å². The van der Waals surface area contributed by atoms with Crippen LogP contribution in [-0.2, 0) is 4.79 Å². The molecule has 2 aromatic rings. The minimum atomic E-state index is -0.871. The molecule has 2 N–H and O–H groups in total. The second-order valence-electron chi connectivity index (χ2n) is 4.79. The molecule has 0 aliphatic rings. The average Bonchev–Trinajstić information content (AvgIpc) is 2.96. The number of para-hydroxylation sites is 1.